The van der Waals surface area contributed by atoms with Crippen LogP contribution in [0.3, 0.4) is 0 Å². The number of aromatic nitrogens is 1. The van der Waals surface area contributed by atoms with Gasteiger partial charge in [-0.1, -0.05) is 0 Å². The van der Waals surface area contributed by atoms with Crippen molar-refractivity contribution in [1.29, 1.82) is 0 Å². The van der Waals surface area contributed by atoms with Gasteiger partial charge in [-0.2, -0.15) is 0 Å². The van der Waals surface area contributed by atoms with Gasteiger partial charge in [0.05, 0.1) is 5.56 Å². The number of nitrogens with one attached hydrogen (secondary N) is 1. The van der Waals surface area contributed by atoms with Crippen molar-refractivity contribution in [3.63, 3.8) is 0 Å². The summed E-state index contributed by atoms with van der Waals surface area (Å²) in [5.74, 6) is -2.61. The molecule has 1 aromatic rings. The first-order valence-corrected chi connectivity index (χ1v) is 3.57. The minimum absolute atomic E-state index is 0.0764. The summed E-state index contributed by atoms with van der Waals surface area (Å²) in [7, 11) is 1.57. The van der Waals surface area contributed by atoms with E-state index in [0.29, 0.717) is 0 Å². The predicted octanol–water partition coefficient (Wildman–Crippen LogP) is 2.24. The summed E-state index contributed by atoms with van der Waals surface area (Å²) in [6.07, 6.45) is 1.47. The average molecular weight is 172 g/mol. The highest BCUT2D eigenvalue weighted by molar-refractivity contribution is 5.45. The van der Waals surface area contributed by atoms with E-state index in [4.69, 9.17) is 0 Å². The van der Waals surface area contributed by atoms with E-state index in [1.165, 1.54) is 18.3 Å². The van der Waals surface area contributed by atoms with Crippen LogP contribution in [0.1, 0.15) is 12.5 Å². The SMILES string of the molecule is CNc1ncccc1C(C)(F)F. The normalized spacial score (nSPS) is 11.3. The maximum absolute atomic E-state index is 12.8. The van der Waals surface area contributed by atoms with E-state index in [1.54, 1.807) is 7.05 Å². The van der Waals surface area contributed by atoms with Crippen LogP contribution in [0, 0.1) is 0 Å². The summed E-state index contributed by atoms with van der Waals surface area (Å²) in [5, 5.41) is 2.61. The minimum atomic E-state index is -2.84. The van der Waals surface area contributed by atoms with Crippen LogP contribution in [0.5, 0.6) is 0 Å². The molecule has 0 saturated carbocycles. The molecule has 1 aromatic heterocycles. The van der Waals surface area contributed by atoms with Crippen molar-refractivity contribution in [3.8, 4) is 0 Å². The standard InChI is InChI=1S/C8H10F2N2/c1-8(9,10)6-4-3-5-12-7(6)11-2/h3-5H,1-2H3,(H,11,12). The fourth-order valence-electron chi connectivity index (χ4n) is 0.959. The second-order valence-electron chi connectivity index (χ2n) is 2.54. The van der Waals surface area contributed by atoms with Crippen LogP contribution >= 0.6 is 0 Å². The lowest BCUT2D eigenvalue weighted by Crippen LogP contribution is -2.11. The second-order valence-corrected chi connectivity index (χ2v) is 2.54. The molecule has 66 valence electrons. The lowest BCUT2D eigenvalue weighted by atomic mass is 10.1. The highest BCUT2D eigenvalue weighted by Gasteiger charge is 2.27. The summed E-state index contributed by atoms with van der Waals surface area (Å²) >= 11 is 0. The molecule has 0 spiro atoms. The third kappa shape index (κ3) is 1.69. The lowest BCUT2D eigenvalue weighted by molar-refractivity contribution is 0.0179. The summed E-state index contributed by atoms with van der Waals surface area (Å²) in [6.45, 7) is 0.852. The maximum Gasteiger partial charge on any atom is 0.274 e. The van der Waals surface area contributed by atoms with Gasteiger partial charge in [0.25, 0.3) is 5.92 Å². The Morgan fingerprint density at radius 2 is 2.17 bits per heavy atom. The molecule has 0 aromatic carbocycles. The summed E-state index contributed by atoms with van der Waals surface area (Å²) in [6, 6.07) is 2.85. The molecule has 4 heteroatoms. The Bertz CT molecular complexity index is 268. The largest absolute Gasteiger partial charge is 0.373 e. The molecule has 0 aliphatic carbocycles. The Hall–Kier alpha value is -1.19. The second kappa shape index (κ2) is 3.05. The monoisotopic (exact) mass is 172 g/mol. The smallest absolute Gasteiger partial charge is 0.274 e. The Morgan fingerprint density at radius 3 is 2.58 bits per heavy atom. The summed E-state index contributed by atoms with van der Waals surface area (Å²) in [5.41, 5.74) is -0.0764. The number of pyridine rings is 1. The number of halogens is 2. The van der Waals surface area contributed by atoms with Crippen molar-refractivity contribution in [3.05, 3.63) is 23.9 Å². The third-order valence-corrected chi connectivity index (χ3v) is 1.52. The van der Waals surface area contributed by atoms with E-state index in [1.807, 2.05) is 0 Å². The van der Waals surface area contributed by atoms with Crippen molar-refractivity contribution in [2.24, 2.45) is 0 Å². The summed E-state index contributed by atoms with van der Waals surface area (Å²) in [4.78, 5) is 3.77. The van der Waals surface area contributed by atoms with Gasteiger partial charge in [0.15, 0.2) is 0 Å². The maximum atomic E-state index is 12.8. The van der Waals surface area contributed by atoms with Crippen LogP contribution in [-0.4, -0.2) is 12.0 Å². The first kappa shape index (κ1) is 8.90. The number of hydrogen-bond donors (Lipinski definition) is 1. The number of hydrogen-bond acceptors (Lipinski definition) is 2. The lowest BCUT2D eigenvalue weighted by Gasteiger charge is -2.13. The van der Waals surface area contributed by atoms with Crippen molar-refractivity contribution in [2.75, 3.05) is 12.4 Å². The van der Waals surface area contributed by atoms with E-state index in [2.05, 4.69) is 10.3 Å². The molecule has 1 rings (SSSR count). The highest BCUT2D eigenvalue weighted by Crippen LogP contribution is 2.30. The van der Waals surface area contributed by atoms with E-state index in [-0.39, 0.29) is 11.4 Å². The zero-order valence-electron chi connectivity index (χ0n) is 6.94. The van der Waals surface area contributed by atoms with Crippen LogP contribution < -0.4 is 5.32 Å². The van der Waals surface area contributed by atoms with Crippen molar-refractivity contribution in [2.45, 2.75) is 12.8 Å². The van der Waals surface area contributed by atoms with Gasteiger partial charge < -0.3 is 5.32 Å². The predicted molar refractivity (Wildman–Crippen MR) is 43.4 cm³/mol. The molecule has 0 aliphatic rings. The van der Waals surface area contributed by atoms with E-state index in [0.717, 1.165) is 6.92 Å². The van der Waals surface area contributed by atoms with Gasteiger partial charge in [-0.25, -0.2) is 13.8 Å². The Balaban J connectivity index is 3.14. The molecule has 2 nitrogen and oxygen atoms in total. The van der Waals surface area contributed by atoms with Crippen LogP contribution in [0.15, 0.2) is 18.3 Å². The molecular weight excluding hydrogens is 162 g/mol. The first-order valence-electron chi connectivity index (χ1n) is 3.57. The molecule has 12 heavy (non-hydrogen) atoms. The number of nitrogens with zero attached hydrogens (tertiary/aromatic N) is 1. The molecule has 0 fully saturated rings. The third-order valence-electron chi connectivity index (χ3n) is 1.52. The molecular formula is C8H10F2N2. The van der Waals surface area contributed by atoms with Gasteiger partial charge in [-0.15, -0.1) is 0 Å². The fourth-order valence-corrected chi connectivity index (χ4v) is 0.959. The van der Waals surface area contributed by atoms with Gasteiger partial charge in [0.1, 0.15) is 5.82 Å². The highest BCUT2D eigenvalue weighted by atomic mass is 19.3. The topological polar surface area (TPSA) is 24.9 Å². The zero-order chi connectivity index (χ0) is 9.19. The quantitative estimate of drug-likeness (QED) is 0.739. The molecule has 0 atom stereocenters. The number of rotatable bonds is 2. The Morgan fingerprint density at radius 1 is 1.50 bits per heavy atom. The average Bonchev–Trinajstić information content (AvgIpc) is 2.03. The van der Waals surface area contributed by atoms with E-state index in [9.17, 15) is 8.78 Å². The Kier molecular flexibility index (Phi) is 2.26. The fraction of sp³-hybridized carbons (Fsp3) is 0.375. The Labute approximate surface area is 69.6 Å². The van der Waals surface area contributed by atoms with Crippen molar-refractivity contribution >= 4 is 5.82 Å². The molecule has 0 saturated heterocycles. The summed E-state index contributed by atoms with van der Waals surface area (Å²) < 4.78 is 25.6. The first-order chi connectivity index (χ1) is 5.55. The van der Waals surface area contributed by atoms with Gasteiger partial charge in [-0.3, -0.25) is 0 Å². The molecule has 1 N–H and O–H groups in total. The zero-order valence-corrected chi connectivity index (χ0v) is 6.94. The van der Waals surface area contributed by atoms with Crippen LogP contribution in [0.2, 0.25) is 0 Å². The van der Waals surface area contributed by atoms with E-state index >= 15 is 0 Å². The molecule has 0 amide bonds. The molecule has 0 aliphatic heterocycles. The van der Waals surface area contributed by atoms with E-state index < -0.39 is 5.92 Å². The molecule has 0 radical (unpaired) electrons. The minimum Gasteiger partial charge on any atom is -0.373 e. The van der Waals surface area contributed by atoms with Crippen molar-refractivity contribution in [1.82, 2.24) is 4.98 Å². The molecule has 1 heterocycles. The van der Waals surface area contributed by atoms with Gasteiger partial charge in [-0.05, 0) is 12.1 Å². The van der Waals surface area contributed by atoms with Crippen molar-refractivity contribution < 1.29 is 8.78 Å². The van der Waals surface area contributed by atoms with Gasteiger partial charge in [0.2, 0.25) is 0 Å². The van der Waals surface area contributed by atoms with Crippen LogP contribution in [-0.2, 0) is 5.92 Å². The van der Waals surface area contributed by atoms with Crippen LogP contribution in [0.4, 0.5) is 14.6 Å². The molecule has 0 unspecified atom stereocenters. The van der Waals surface area contributed by atoms with Gasteiger partial charge >= 0.3 is 0 Å². The van der Waals surface area contributed by atoms with Crippen LogP contribution in [0.25, 0.3) is 0 Å². The number of anilines is 1. The number of alkyl halides is 2. The molecule has 0 bridgehead atoms. The van der Waals surface area contributed by atoms with Gasteiger partial charge in [0, 0.05) is 20.2 Å².